The third kappa shape index (κ3) is 5.88. The van der Waals surface area contributed by atoms with Gasteiger partial charge in [-0.05, 0) is 43.0 Å². The van der Waals surface area contributed by atoms with Crippen LogP contribution in [0.4, 0.5) is 4.39 Å². The predicted molar refractivity (Wildman–Crippen MR) is 102 cm³/mol. The summed E-state index contributed by atoms with van der Waals surface area (Å²) in [5, 5.41) is 5.48. The molecule has 3 amide bonds. The molecule has 2 N–H and O–H groups in total. The number of carbonyl (C=O) groups excluding carboxylic acids is 3. The van der Waals surface area contributed by atoms with E-state index in [4.69, 9.17) is 4.74 Å². The number of likely N-dealkylation sites (tertiary alicyclic amines) is 1. The lowest BCUT2D eigenvalue weighted by Gasteiger charge is -2.35. The Hall–Kier alpha value is -2.74. The molecule has 0 bridgehead atoms. The summed E-state index contributed by atoms with van der Waals surface area (Å²) in [6, 6.07) is 4.38. The van der Waals surface area contributed by atoms with Crippen molar-refractivity contribution in [2.75, 3.05) is 33.4 Å². The smallest absolute Gasteiger partial charge is 0.251 e. The average molecular weight is 391 g/mol. The van der Waals surface area contributed by atoms with Crippen molar-refractivity contribution in [3.8, 4) is 0 Å². The molecule has 1 aliphatic rings. The van der Waals surface area contributed by atoms with E-state index < -0.39 is 17.8 Å². The highest BCUT2D eigenvalue weighted by Gasteiger charge is 2.33. The predicted octanol–water partition coefficient (Wildman–Crippen LogP) is 1.11. The topological polar surface area (TPSA) is 87.7 Å². The van der Waals surface area contributed by atoms with Crippen molar-refractivity contribution in [3.63, 3.8) is 0 Å². The highest BCUT2D eigenvalue weighted by Crippen LogP contribution is 2.22. The molecule has 0 aliphatic carbocycles. The van der Waals surface area contributed by atoms with Crippen LogP contribution in [0.2, 0.25) is 0 Å². The van der Waals surface area contributed by atoms with Gasteiger partial charge in [0.25, 0.3) is 5.91 Å². The normalized spacial score (nSPS) is 15.6. The van der Waals surface area contributed by atoms with Crippen LogP contribution in [0.15, 0.2) is 36.9 Å². The van der Waals surface area contributed by atoms with Crippen molar-refractivity contribution in [2.24, 2.45) is 5.92 Å². The molecule has 152 valence electrons. The second-order valence-corrected chi connectivity index (χ2v) is 6.64. The lowest BCUT2D eigenvalue weighted by Crippen LogP contribution is -2.54. The van der Waals surface area contributed by atoms with Crippen LogP contribution in [0.3, 0.4) is 0 Å². The van der Waals surface area contributed by atoms with Gasteiger partial charge in [0.15, 0.2) is 0 Å². The van der Waals surface area contributed by atoms with Gasteiger partial charge < -0.3 is 20.3 Å². The SMILES string of the molecule is C=CCNC(=O)C(NC(=O)c1ccc(F)cc1)C1CCN(C(=O)COC)CC1. The van der Waals surface area contributed by atoms with E-state index in [9.17, 15) is 18.8 Å². The quantitative estimate of drug-likeness (QED) is 0.650. The van der Waals surface area contributed by atoms with Crippen LogP contribution in [0.5, 0.6) is 0 Å². The number of rotatable bonds is 8. The minimum atomic E-state index is -0.753. The molecule has 2 rings (SSSR count). The van der Waals surface area contributed by atoms with E-state index in [1.165, 1.54) is 31.4 Å². The molecule has 1 fully saturated rings. The minimum Gasteiger partial charge on any atom is -0.375 e. The first kappa shape index (κ1) is 21.6. The number of hydrogen-bond acceptors (Lipinski definition) is 4. The molecule has 7 nitrogen and oxygen atoms in total. The second-order valence-electron chi connectivity index (χ2n) is 6.64. The standard InChI is InChI=1S/C20H26FN3O4/c1-3-10-22-20(27)18(23-19(26)15-4-6-16(21)7-5-15)14-8-11-24(12-9-14)17(25)13-28-2/h3-7,14,18H,1,8-13H2,2H3,(H,22,27)(H,23,26). The van der Waals surface area contributed by atoms with Crippen LogP contribution < -0.4 is 10.6 Å². The Morgan fingerprint density at radius 3 is 2.50 bits per heavy atom. The van der Waals surface area contributed by atoms with Crippen LogP contribution in [0.1, 0.15) is 23.2 Å². The maximum absolute atomic E-state index is 13.1. The largest absolute Gasteiger partial charge is 0.375 e. The van der Waals surface area contributed by atoms with Gasteiger partial charge >= 0.3 is 0 Å². The van der Waals surface area contributed by atoms with E-state index in [0.717, 1.165) is 0 Å². The van der Waals surface area contributed by atoms with Gasteiger partial charge in [-0.2, -0.15) is 0 Å². The van der Waals surface area contributed by atoms with E-state index in [-0.39, 0.29) is 36.4 Å². The molecule has 1 atom stereocenters. The highest BCUT2D eigenvalue weighted by atomic mass is 19.1. The van der Waals surface area contributed by atoms with Gasteiger partial charge in [-0.3, -0.25) is 14.4 Å². The first-order chi connectivity index (χ1) is 13.5. The van der Waals surface area contributed by atoms with Crippen molar-refractivity contribution in [1.29, 1.82) is 0 Å². The Kier molecular flexibility index (Phi) is 8.13. The molecule has 0 aromatic heterocycles. The summed E-state index contributed by atoms with van der Waals surface area (Å²) < 4.78 is 18.0. The minimum absolute atomic E-state index is 0.0230. The van der Waals surface area contributed by atoms with Crippen LogP contribution in [-0.4, -0.2) is 62.0 Å². The number of carbonyl (C=O) groups is 3. The van der Waals surface area contributed by atoms with Crippen LogP contribution >= 0.6 is 0 Å². The Labute approximate surface area is 163 Å². The number of ether oxygens (including phenoxy) is 1. The van der Waals surface area contributed by atoms with Crippen LogP contribution in [-0.2, 0) is 14.3 Å². The summed E-state index contributed by atoms with van der Waals surface area (Å²) in [5.41, 5.74) is 0.274. The number of benzene rings is 1. The Morgan fingerprint density at radius 2 is 1.93 bits per heavy atom. The molecule has 1 unspecified atom stereocenters. The fourth-order valence-electron chi connectivity index (χ4n) is 3.20. The van der Waals surface area contributed by atoms with Gasteiger partial charge in [0.1, 0.15) is 18.5 Å². The molecular formula is C20H26FN3O4. The monoisotopic (exact) mass is 391 g/mol. The molecule has 0 saturated carbocycles. The zero-order valence-corrected chi connectivity index (χ0v) is 15.9. The first-order valence-corrected chi connectivity index (χ1v) is 9.18. The third-order valence-corrected chi connectivity index (χ3v) is 4.73. The molecule has 1 aliphatic heterocycles. The summed E-state index contributed by atoms with van der Waals surface area (Å²) in [7, 11) is 1.47. The van der Waals surface area contributed by atoms with E-state index in [2.05, 4.69) is 17.2 Å². The number of hydrogen-bond donors (Lipinski definition) is 2. The van der Waals surface area contributed by atoms with Crippen molar-refractivity contribution in [2.45, 2.75) is 18.9 Å². The summed E-state index contributed by atoms with van der Waals surface area (Å²) >= 11 is 0. The third-order valence-electron chi connectivity index (χ3n) is 4.73. The summed E-state index contributed by atoms with van der Waals surface area (Å²) in [5.74, 6) is -1.41. The van der Waals surface area contributed by atoms with Gasteiger partial charge in [-0.15, -0.1) is 6.58 Å². The van der Waals surface area contributed by atoms with Gasteiger partial charge in [-0.25, -0.2) is 4.39 Å². The average Bonchev–Trinajstić information content (AvgIpc) is 2.71. The Morgan fingerprint density at radius 1 is 1.29 bits per heavy atom. The van der Waals surface area contributed by atoms with Crippen molar-refractivity contribution >= 4 is 17.7 Å². The zero-order valence-electron chi connectivity index (χ0n) is 15.9. The molecule has 1 aromatic carbocycles. The molecule has 1 saturated heterocycles. The van der Waals surface area contributed by atoms with Crippen LogP contribution in [0, 0.1) is 11.7 Å². The van der Waals surface area contributed by atoms with Crippen molar-refractivity contribution < 1.29 is 23.5 Å². The second kappa shape index (κ2) is 10.6. The fourth-order valence-corrected chi connectivity index (χ4v) is 3.20. The number of nitrogens with one attached hydrogen (secondary N) is 2. The molecule has 0 radical (unpaired) electrons. The van der Waals surface area contributed by atoms with Crippen molar-refractivity contribution in [1.82, 2.24) is 15.5 Å². The van der Waals surface area contributed by atoms with E-state index in [1.54, 1.807) is 11.0 Å². The number of halogens is 1. The molecule has 1 heterocycles. The van der Waals surface area contributed by atoms with E-state index >= 15 is 0 Å². The highest BCUT2D eigenvalue weighted by molar-refractivity contribution is 5.97. The number of nitrogens with zero attached hydrogens (tertiary/aromatic N) is 1. The Balaban J connectivity index is 2.06. The zero-order chi connectivity index (χ0) is 20.5. The summed E-state index contributed by atoms with van der Waals surface area (Å²) in [6.45, 7) is 4.86. The number of amides is 3. The number of methoxy groups -OCH3 is 1. The molecular weight excluding hydrogens is 365 g/mol. The van der Waals surface area contributed by atoms with Gasteiger partial charge in [-0.1, -0.05) is 6.08 Å². The van der Waals surface area contributed by atoms with Crippen LogP contribution in [0.25, 0.3) is 0 Å². The molecule has 0 spiro atoms. The van der Waals surface area contributed by atoms with Gasteiger partial charge in [0.2, 0.25) is 11.8 Å². The molecule has 8 heteroatoms. The molecule has 1 aromatic rings. The van der Waals surface area contributed by atoms with E-state index in [1.807, 2.05) is 0 Å². The first-order valence-electron chi connectivity index (χ1n) is 9.18. The Bertz CT molecular complexity index is 700. The van der Waals surface area contributed by atoms with Gasteiger partial charge in [0.05, 0.1) is 0 Å². The summed E-state index contributed by atoms with van der Waals surface area (Å²) in [4.78, 5) is 38.8. The maximum atomic E-state index is 13.1. The van der Waals surface area contributed by atoms with E-state index in [0.29, 0.717) is 25.9 Å². The van der Waals surface area contributed by atoms with Crippen molar-refractivity contribution in [3.05, 3.63) is 48.3 Å². The van der Waals surface area contributed by atoms with Gasteiger partial charge in [0, 0.05) is 32.3 Å². The molecule has 28 heavy (non-hydrogen) atoms. The maximum Gasteiger partial charge on any atom is 0.251 e. The lowest BCUT2D eigenvalue weighted by atomic mass is 9.88. The lowest BCUT2D eigenvalue weighted by molar-refractivity contribution is -0.136. The summed E-state index contributed by atoms with van der Waals surface area (Å²) in [6.07, 6.45) is 2.71. The fraction of sp³-hybridized carbons (Fsp3) is 0.450. The number of piperidine rings is 1.